The first-order valence-electron chi connectivity index (χ1n) is 9.31. The summed E-state index contributed by atoms with van der Waals surface area (Å²) in [6.45, 7) is 5.39. The molecule has 0 aliphatic carbocycles. The fourth-order valence-electron chi connectivity index (χ4n) is 3.23. The Balaban J connectivity index is 2.01. The molecule has 6 heteroatoms. The zero-order chi connectivity index (χ0) is 21.2. The molecule has 0 aromatic heterocycles. The van der Waals surface area contributed by atoms with Gasteiger partial charge >= 0.3 is 5.97 Å². The molecule has 29 heavy (non-hydrogen) atoms. The summed E-state index contributed by atoms with van der Waals surface area (Å²) in [7, 11) is 1.56. The second kappa shape index (κ2) is 7.54. The highest BCUT2D eigenvalue weighted by molar-refractivity contribution is 6.21. The lowest BCUT2D eigenvalue weighted by Gasteiger charge is -2.30. The standard InChI is InChI=1S/C23H24N2O4/c1-22(2,3)24-20(27)23(17-12-8-9-13-18(17)25(4)21(23)28)29-19(26)15-14-16-10-6-5-7-11-16/h5-15H,1-4H3,(H,24,27)/b15-14+. The van der Waals surface area contributed by atoms with Crippen molar-refractivity contribution >= 4 is 29.5 Å². The first-order chi connectivity index (χ1) is 13.6. The van der Waals surface area contributed by atoms with E-state index in [1.165, 1.54) is 11.0 Å². The Morgan fingerprint density at radius 1 is 1.03 bits per heavy atom. The second-order valence-electron chi connectivity index (χ2n) is 7.93. The maximum absolute atomic E-state index is 13.3. The van der Waals surface area contributed by atoms with Gasteiger partial charge in [-0.25, -0.2) is 4.79 Å². The number of benzene rings is 2. The SMILES string of the molecule is CN1C(=O)C(OC(=O)/C=C/c2ccccc2)(C(=O)NC(C)(C)C)c2ccccc21. The van der Waals surface area contributed by atoms with Crippen LogP contribution in [0.15, 0.2) is 60.7 Å². The lowest BCUT2D eigenvalue weighted by Crippen LogP contribution is -2.57. The van der Waals surface area contributed by atoms with Crippen LogP contribution in [-0.2, 0) is 24.7 Å². The van der Waals surface area contributed by atoms with Gasteiger partial charge in [-0.05, 0) is 38.5 Å². The van der Waals surface area contributed by atoms with Crippen LogP contribution in [-0.4, -0.2) is 30.4 Å². The van der Waals surface area contributed by atoms with E-state index in [0.717, 1.165) is 5.56 Å². The third-order valence-electron chi connectivity index (χ3n) is 4.52. The molecule has 2 aromatic rings. The molecular formula is C23H24N2O4. The number of likely N-dealkylation sites (N-methyl/N-ethyl adjacent to an activating group) is 1. The number of nitrogens with one attached hydrogen (secondary N) is 1. The van der Waals surface area contributed by atoms with Gasteiger partial charge in [-0.2, -0.15) is 0 Å². The highest BCUT2D eigenvalue weighted by Gasteiger charge is 2.59. The number of esters is 1. The Labute approximate surface area is 170 Å². The molecule has 3 rings (SSSR count). The molecule has 0 spiro atoms. The van der Waals surface area contributed by atoms with Crippen LogP contribution in [0.3, 0.4) is 0 Å². The molecule has 150 valence electrons. The average Bonchev–Trinajstić information content (AvgIpc) is 2.89. The molecule has 1 aliphatic rings. The van der Waals surface area contributed by atoms with E-state index in [2.05, 4.69) is 5.32 Å². The molecule has 2 amide bonds. The summed E-state index contributed by atoms with van der Waals surface area (Å²) in [5.74, 6) is -2.06. The van der Waals surface area contributed by atoms with Crippen molar-refractivity contribution in [2.75, 3.05) is 11.9 Å². The highest BCUT2D eigenvalue weighted by Crippen LogP contribution is 2.42. The van der Waals surface area contributed by atoms with E-state index in [0.29, 0.717) is 11.3 Å². The van der Waals surface area contributed by atoms with Crippen molar-refractivity contribution in [3.8, 4) is 0 Å². The van der Waals surface area contributed by atoms with Crippen LogP contribution < -0.4 is 10.2 Å². The first kappa shape index (κ1) is 20.3. The Morgan fingerprint density at radius 3 is 2.31 bits per heavy atom. The third-order valence-corrected chi connectivity index (χ3v) is 4.52. The van der Waals surface area contributed by atoms with Crippen molar-refractivity contribution in [1.29, 1.82) is 0 Å². The van der Waals surface area contributed by atoms with E-state index in [1.807, 2.05) is 30.3 Å². The Hall–Kier alpha value is -3.41. The molecule has 1 heterocycles. The monoisotopic (exact) mass is 392 g/mol. The van der Waals surface area contributed by atoms with Gasteiger partial charge in [0.2, 0.25) is 0 Å². The van der Waals surface area contributed by atoms with Crippen molar-refractivity contribution in [3.05, 3.63) is 71.8 Å². The van der Waals surface area contributed by atoms with Crippen molar-refractivity contribution in [2.45, 2.75) is 31.9 Å². The smallest absolute Gasteiger partial charge is 0.332 e. The van der Waals surface area contributed by atoms with Crippen molar-refractivity contribution in [3.63, 3.8) is 0 Å². The predicted molar refractivity (Wildman–Crippen MR) is 111 cm³/mol. The molecule has 6 nitrogen and oxygen atoms in total. The van der Waals surface area contributed by atoms with Gasteiger partial charge in [-0.1, -0.05) is 48.5 Å². The van der Waals surface area contributed by atoms with Crippen molar-refractivity contribution in [2.24, 2.45) is 0 Å². The number of carbonyl (C=O) groups is 3. The summed E-state index contributed by atoms with van der Waals surface area (Å²) in [5, 5.41) is 2.79. The maximum Gasteiger partial charge on any atom is 0.332 e. The zero-order valence-electron chi connectivity index (χ0n) is 16.9. The first-order valence-corrected chi connectivity index (χ1v) is 9.31. The molecule has 2 aromatic carbocycles. The lowest BCUT2D eigenvalue weighted by molar-refractivity contribution is -0.171. The summed E-state index contributed by atoms with van der Waals surface area (Å²) in [6.07, 6.45) is 2.79. The molecule has 1 aliphatic heterocycles. The number of hydrogen-bond donors (Lipinski definition) is 1. The molecule has 1 atom stereocenters. The number of ether oxygens (including phenoxy) is 1. The summed E-state index contributed by atoms with van der Waals surface area (Å²) >= 11 is 0. The number of nitrogens with zero attached hydrogens (tertiary/aromatic N) is 1. The predicted octanol–water partition coefficient (Wildman–Crippen LogP) is 3.03. The summed E-state index contributed by atoms with van der Waals surface area (Å²) in [4.78, 5) is 40.4. The van der Waals surface area contributed by atoms with Gasteiger partial charge < -0.3 is 15.0 Å². The molecule has 0 bridgehead atoms. The van der Waals surface area contributed by atoms with Gasteiger partial charge in [0, 0.05) is 24.2 Å². The fourth-order valence-corrected chi connectivity index (χ4v) is 3.23. The van der Waals surface area contributed by atoms with E-state index in [9.17, 15) is 14.4 Å². The molecule has 0 radical (unpaired) electrons. The number of carbonyl (C=O) groups excluding carboxylic acids is 3. The molecule has 1 unspecified atom stereocenters. The van der Waals surface area contributed by atoms with Crippen LogP contribution >= 0.6 is 0 Å². The minimum atomic E-state index is -2.07. The van der Waals surface area contributed by atoms with E-state index in [4.69, 9.17) is 4.74 Å². The van der Waals surface area contributed by atoms with E-state index >= 15 is 0 Å². The van der Waals surface area contributed by atoms with Crippen LogP contribution in [0, 0.1) is 0 Å². The summed E-state index contributed by atoms with van der Waals surface area (Å²) in [5.41, 5.74) is -1.02. The number of rotatable bonds is 4. The minimum absolute atomic E-state index is 0.343. The number of amides is 2. The lowest BCUT2D eigenvalue weighted by atomic mass is 9.92. The van der Waals surface area contributed by atoms with E-state index in [1.54, 1.807) is 58.2 Å². The van der Waals surface area contributed by atoms with Gasteiger partial charge in [-0.3, -0.25) is 9.59 Å². The number of anilines is 1. The third kappa shape index (κ3) is 3.92. The number of fused-ring (bicyclic) bond motifs is 1. The number of hydrogen-bond acceptors (Lipinski definition) is 4. The van der Waals surface area contributed by atoms with Crippen molar-refractivity contribution in [1.82, 2.24) is 5.32 Å². The van der Waals surface area contributed by atoms with Gasteiger partial charge in [0.1, 0.15) is 0 Å². The van der Waals surface area contributed by atoms with Crippen molar-refractivity contribution < 1.29 is 19.1 Å². The second-order valence-corrected chi connectivity index (χ2v) is 7.93. The Kier molecular flexibility index (Phi) is 5.29. The van der Waals surface area contributed by atoms with Crippen LogP contribution in [0.2, 0.25) is 0 Å². The molecular weight excluding hydrogens is 368 g/mol. The van der Waals surface area contributed by atoms with E-state index < -0.39 is 28.9 Å². The zero-order valence-corrected chi connectivity index (χ0v) is 16.9. The Bertz CT molecular complexity index is 976. The van der Waals surface area contributed by atoms with Crippen LogP contribution in [0.25, 0.3) is 6.08 Å². The van der Waals surface area contributed by atoms with Crippen LogP contribution in [0.5, 0.6) is 0 Å². The Morgan fingerprint density at radius 2 is 1.66 bits per heavy atom. The molecule has 0 saturated heterocycles. The topological polar surface area (TPSA) is 75.7 Å². The largest absolute Gasteiger partial charge is 0.430 e. The van der Waals surface area contributed by atoms with Gasteiger partial charge in [0.25, 0.3) is 17.4 Å². The molecule has 0 fully saturated rings. The fraction of sp³-hybridized carbons (Fsp3) is 0.261. The quantitative estimate of drug-likeness (QED) is 0.493. The highest BCUT2D eigenvalue weighted by atomic mass is 16.6. The van der Waals surface area contributed by atoms with Crippen LogP contribution in [0.1, 0.15) is 31.9 Å². The summed E-state index contributed by atoms with van der Waals surface area (Å²) in [6, 6.07) is 16.0. The average molecular weight is 392 g/mol. The molecule has 0 saturated carbocycles. The number of para-hydroxylation sites is 1. The van der Waals surface area contributed by atoms with Gasteiger partial charge in [0.15, 0.2) is 0 Å². The maximum atomic E-state index is 13.3. The molecule has 1 N–H and O–H groups in total. The van der Waals surface area contributed by atoms with Gasteiger partial charge in [0.05, 0.1) is 5.69 Å². The normalized spacial score (nSPS) is 18.6. The van der Waals surface area contributed by atoms with Gasteiger partial charge in [-0.15, -0.1) is 0 Å². The van der Waals surface area contributed by atoms with E-state index in [-0.39, 0.29) is 0 Å². The van der Waals surface area contributed by atoms with Crippen LogP contribution in [0.4, 0.5) is 5.69 Å². The minimum Gasteiger partial charge on any atom is -0.430 e. The summed E-state index contributed by atoms with van der Waals surface area (Å²) < 4.78 is 5.61.